The second-order valence-corrected chi connectivity index (χ2v) is 6.91. The molecule has 8 heteroatoms. The maximum absolute atomic E-state index is 13.4. The van der Waals surface area contributed by atoms with Crippen LogP contribution in [0, 0.1) is 5.82 Å². The van der Waals surface area contributed by atoms with Crippen molar-refractivity contribution in [3.05, 3.63) is 66.3 Å². The lowest BCUT2D eigenvalue weighted by Gasteiger charge is -2.30. The van der Waals surface area contributed by atoms with E-state index in [9.17, 15) is 9.18 Å². The zero-order valence-electron chi connectivity index (χ0n) is 15.5. The van der Waals surface area contributed by atoms with Crippen LogP contribution >= 0.6 is 0 Å². The van der Waals surface area contributed by atoms with Gasteiger partial charge in [-0.2, -0.15) is 0 Å². The van der Waals surface area contributed by atoms with Crippen molar-refractivity contribution in [1.29, 1.82) is 0 Å². The van der Waals surface area contributed by atoms with Crippen LogP contribution in [-0.4, -0.2) is 57.7 Å². The Bertz CT molecular complexity index is 1130. The predicted molar refractivity (Wildman–Crippen MR) is 106 cm³/mol. The smallest absolute Gasteiger partial charge is 0.175 e. The number of hydrogen-bond acceptors (Lipinski definition) is 6. The molecule has 5 rings (SSSR count). The normalized spacial score (nSPS) is 19.6. The third kappa shape index (κ3) is 3.21. The molecule has 0 amide bonds. The summed E-state index contributed by atoms with van der Waals surface area (Å²) in [5.74, 6) is 0.142. The van der Waals surface area contributed by atoms with E-state index in [2.05, 4.69) is 15.0 Å². The average molecular weight is 391 g/mol. The lowest BCUT2D eigenvalue weighted by Crippen LogP contribution is -2.36. The van der Waals surface area contributed by atoms with Gasteiger partial charge in [-0.05, 0) is 30.3 Å². The fourth-order valence-corrected chi connectivity index (χ4v) is 3.65. The largest absolute Gasteiger partial charge is 0.378 e. The molecule has 146 valence electrons. The van der Waals surface area contributed by atoms with Crippen molar-refractivity contribution in [2.24, 2.45) is 4.99 Å². The van der Waals surface area contributed by atoms with Gasteiger partial charge in [-0.3, -0.25) is 14.3 Å². The summed E-state index contributed by atoms with van der Waals surface area (Å²) in [5.41, 5.74) is 2.17. The average Bonchev–Trinajstić information content (AvgIpc) is 3.14. The Morgan fingerprint density at radius 2 is 1.90 bits per heavy atom. The lowest BCUT2D eigenvalue weighted by molar-refractivity contribution is -0.115. The number of carbonyl (C=O) groups is 1. The third-order valence-electron chi connectivity index (χ3n) is 5.11. The van der Waals surface area contributed by atoms with Gasteiger partial charge in [0.05, 0.1) is 30.4 Å². The Morgan fingerprint density at radius 3 is 2.66 bits per heavy atom. The van der Waals surface area contributed by atoms with Gasteiger partial charge in [0, 0.05) is 37.3 Å². The summed E-state index contributed by atoms with van der Waals surface area (Å²) in [7, 11) is 0. The predicted octanol–water partition coefficient (Wildman–Crippen LogP) is 2.47. The van der Waals surface area contributed by atoms with Crippen molar-refractivity contribution in [2.75, 3.05) is 26.3 Å². The van der Waals surface area contributed by atoms with E-state index in [1.54, 1.807) is 42.9 Å². The number of fused-ring (bicyclic) bond motifs is 1. The van der Waals surface area contributed by atoms with Crippen molar-refractivity contribution in [2.45, 2.75) is 5.92 Å². The number of halogens is 1. The Labute approximate surface area is 166 Å². The maximum Gasteiger partial charge on any atom is 0.175 e. The van der Waals surface area contributed by atoms with Crippen molar-refractivity contribution < 1.29 is 13.9 Å². The lowest BCUT2D eigenvalue weighted by atomic mass is 10.0. The molecule has 0 N–H and O–H groups in total. The number of imidazole rings is 1. The van der Waals surface area contributed by atoms with Crippen LogP contribution in [0.2, 0.25) is 0 Å². The summed E-state index contributed by atoms with van der Waals surface area (Å²) in [5, 5.41) is 0. The molecule has 0 spiro atoms. The molecule has 1 saturated heterocycles. The molecule has 1 atom stereocenters. The maximum atomic E-state index is 13.4. The number of carbonyl (C=O) groups excluding carboxylic acids is 1. The molecule has 3 aromatic rings. The molecule has 0 saturated carbocycles. The fourth-order valence-electron chi connectivity index (χ4n) is 3.65. The Morgan fingerprint density at radius 1 is 1.10 bits per heavy atom. The van der Waals surface area contributed by atoms with Crippen LogP contribution < -0.4 is 0 Å². The molecule has 0 aliphatic carbocycles. The number of allylic oxidation sites excluding steroid dienone is 1. The van der Waals surface area contributed by atoms with Crippen LogP contribution in [0.5, 0.6) is 0 Å². The van der Waals surface area contributed by atoms with Gasteiger partial charge in [-0.1, -0.05) is 0 Å². The molecule has 4 heterocycles. The Kier molecular flexibility index (Phi) is 4.40. The van der Waals surface area contributed by atoms with Crippen LogP contribution in [0.3, 0.4) is 0 Å². The highest BCUT2D eigenvalue weighted by Crippen LogP contribution is 2.28. The molecule has 29 heavy (non-hydrogen) atoms. The first-order chi connectivity index (χ1) is 14.2. The molecule has 7 nitrogen and oxygen atoms in total. The number of ketones is 1. The molecule has 2 aliphatic rings. The van der Waals surface area contributed by atoms with Crippen molar-refractivity contribution in [3.63, 3.8) is 0 Å². The van der Waals surface area contributed by atoms with Crippen LogP contribution in [0.25, 0.3) is 16.7 Å². The van der Waals surface area contributed by atoms with E-state index in [4.69, 9.17) is 4.74 Å². The second kappa shape index (κ2) is 7.21. The number of morpholine rings is 1. The number of hydrogen-bond donors (Lipinski definition) is 0. The summed E-state index contributed by atoms with van der Waals surface area (Å²) in [6.07, 6.45) is 6.56. The zero-order valence-corrected chi connectivity index (χ0v) is 15.5. The number of ether oxygens (including phenoxy) is 1. The van der Waals surface area contributed by atoms with E-state index in [1.807, 2.05) is 9.47 Å². The van der Waals surface area contributed by atoms with E-state index in [1.165, 1.54) is 12.1 Å². The van der Waals surface area contributed by atoms with E-state index in [0.717, 1.165) is 5.52 Å². The monoisotopic (exact) mass is 391 g/mol. The molecular weight excluding hydrogens is 373 g/mol. The second-order valence-electron chi connectivity index (χ2n) is 6.91. The van der Waals surface area contributed by atoms with Gasteiger partial charge in [0.1, 0.15) is 23.4 Å². The van der Waals surface area contributed by atoms with E-state index in [-0.39, 0.29) is 11.6 Å². The van der Waals surface area contributed by atoms with Gasteiger partial charge < -0.3 is 9.64 Å². The number of nitrogens with zero attached hydrogens (tertiary/aromatic N) is 5. The van der Waals surface area contributed by atoms with Gasteiger partial charge in [-0.25, -0.2) is 14.4 Å². The molecular formula is C21H18FN5O2. The SMILES string of the molecule is O=C1C=C(N2CCOCC2)N=CC1c1nc2ccncc2n1-c1ccc(F)cc1. The number of pyridine rings is 1. The summed E-state index contributed by atoms with van der Waals surface area (Å²) in [6, 6.07) is 7.88. The molecule has 1 fully saturated rings. The molecule has 0 radical (unpaired) electrons. The van der Waals surface area contributed by atoms with Crippen LogP contribution in [0.15, 0.2) is 59.6 Å². The molecule has 2 aliphatic heterocycles. The van der Waals surface area contributed by atoms with Gasteiger partial charge in [-0.15, -0.1) is 0 Å². The van der Waals surface area contributed by atoms with Crippen molar-refractivity contribution in [3.8, 4) is 5.69 Å². The topological polar surface area (TPSA) is 72.6 Å². The van der Waals surface area contributed by atoms with Crippen LogP contribution in [0.1, 0.15) is 11.7 Å². The minimum Gasteiger partial charge on any atom is -0.378 e. The molecule has 2 aromatic heterocycles. The summed E-state index contributed by atoms with van der Waals surface area (Å²) >= 11 is 0. The first kappa shape index (κ1) is 17.7. The van der Waals surface area contributed by atoms with Crippen LogP contribution in [0.4, 0.5) is 4.39 Å². The Hall–Kier alpha value is -3.39. The van der Waals surface area contributed by atoms with Crippen molar-refractivity contribution in [1.82, 2.24) is 19.4 Å². The number of benzene rings is 1. The van der Waals surface area contributed by atoms with E-state index in [0.29, 0.717) is 49.2 Å². The number of aliphatic imine (C=N–C) groups is 1. The Balaban J connectivity index is 1.56. The molecule has 1 aromatic carbocycles. The first-order valence-corrected chi connectivity index (χ1v) is 9.41. The summed E-state index contributed by atoms with van der Waals surface area (Å²) < 4.78 is 20.6. The van der Waals surface area contributed by atoms with Crippen molar-refractivity contribution >= 4 is 23.0 Å². The highest BCUT2D eigenvalue weighted by Gasteiger charge is 2.29. The quantitative estimate of drug-likeness (QED) is 0.686. The zero-order chi connectivity index (χ0) is 19.8. The van der Waals surface area contributed by atoms with Gasteiger partial charge in [0.15, 0.2) is 5.78 Å². The number of rotatable bonds is 3. The number of aromatic nitrogens is 3. The highest BCUT2D eigenvalue weighted by molar-refractivity contribution is 6.08. The summed E-state index contributed by atoms with van der Waals surface area (Å²) in [4.78, 5) is 28.4. The minimum atomic E-state index is -0.628. The molecule has 0 bridgehead atoms. The van der Waals surface area contributed by atoms with Gasteiger partial charge in [0.25, 0.3) is 0 Å². The fraction of sp³-hybridized carbons (Fsp3) is 0.238. The molecule has 1 unspecified atom stereocenters. The standard InChI is InChI=1S/C21H18FN5O2/c22-14-1-3-15(4-2-14)27-18-13-23-6-5-17(18)25-21(27)16-12-24-20(11-19(16)28)26-7-9-29-10-8-26/h1-6,11-13,16H,7-10H2. The van der Waals surface area contributed by atoms with E-state index >= 15 is 0 Å². The van der Waals surface area contributed by atoms with Crippen LogP contribution in [-0.2, 0) is 9.53 Å². The highest BCUT2D eigenvalue weighted by atomic mass is 19.1. The third-order valence-corrected chi connectivity index (χ3v) is 5.11. The van der Waals surface area contributed by atoms with Gasteiger partial charge >= 0.3 is 0 Å². The van der Waals surface area contributed by atoms with E-state index < -0.39 is 5.92 Å². The minimum absolute atomic E-state index is 0.0897. The van der Waals surface area contributed by atoms with Gasteiger partial charge in [0.2, 0.25) is 0 Å². The first-order valence-electron chi connectivity index (χ1n) is 9.41. The summed E-state index contributed by atoms with van der Waals surface area (Å²) in [6.45, 7) is 2.66.